The van der Waals surface area contributed by atoms with Gasteiger partial charge < -0.3 is 23.7 Å². The van der Waals surface area contributed by atoms with Gasteiger partial charge in [-0.25, -0.2) is 4.99 Å². The lowest BCUT2D eigenvalue weighted by molar-refractivity contribution is -0.237. The van der Waals surface area contributed by atoms with E-state index >= 15 is 0 Å². The molecule has 2 aliphatic rings. The molecule has 2 aliphatic heterocycles. The van der Waals surface area contributed by atoms with Crippen molar-refractivity contribution in [1.82, 2.24) is 4.90 Å². The Hall–Kier alpha value is -4.01. The van der Waals surface area contributed by atoms with E-state index in [1.54, 1.807) is 6.08 Å². The number of ether oxygens (including phenoxy) is 5. The Kier molecular flexibility index (Phi) is 10.7. The smallest absolute Gasteiger partial charge is 0.303 e. The molecule has 0 spiro atoms. The zero-order valence-corrected chi connectivity index (χ0v) is 25.4. The highest BCUT2D eigenvalue weighted by molar-refractivity contribution is 8.14. The molecule has 0 saturated carbocycles. The highest BCUT2D eigenvalue weighted by Crippen LogP contribution is 2.38. The predicted octanol–water partition coefficient (Wildman–Crippen LogP) is 3.30. The molecule has 1 saturated heterocycles. The fraction of sp³-hybridized carbons (Fsp3) is 0.379. The van der Waals surface area contributed by atoms with E-state index in [1.807, 2.05) is 47.8 Å². The molecule has 12 nitrogen and oxygen atoms in total. The molecule has 4 rings (SSSR count). The van der Waals surface area contributed by atoms with Crippen LogP contribution in [0.15, 0.2) is 58.5 Å². The molecule has 1 aromatic heterocycles. The van der Waals surface area contributed by atoms with Crippen LogP contribution in [0.3, 0.4) is 0 Å². The third-order valence-electron chi connectivity index (χ3n) is 6.09. The summed E-state index contributed by atoms with van der Waals surface area (Å²) in [6.45, 7) is 4.48. The maximum atomic E-state index is 13.6. The number of thioether (sulfide) groups is 1. The van der Waals surface area contributed by atoms with Crippen LogP contribution in [0.25, 0.3) is 6.08 Å². The second kappa shape index (κ2) is 14.4. The molecular formula is C29H30N2O10S2. The number of nitrogens with zero attached hydrogens (tertiary/aromatic N) is 2. The van der Waals surface area contributed by atoms with E-state index in [4.69, 9.17) is 23.7 Å². The summed E-state index contributed by atoms with van der Waals surface area (Å²) in [5, 5.41) is 2.11. The van der Waals surface area contributed by atoms with E-state index in [1.165, 1.54) is 30.1 Å². The Morgan fingerprint density at radius 3 is 2.16 bits per heavy atom. The van der Waals surface area contributed by atoms with Crippen LogP contribution in [0.2, 0.25) is 0 Å². The van der Waals surface area contributed by atoms with Gasteiger partial charge in [-0.1, -0.05) is 48.2 Å². The molecule has 0 radical (unpaired) electrons. The minimum atomic E-state index is -1.33. The van der Waals surface area contributed by atoms with Crippen LogP contribution >= 0.6 is 23.1 Å². The standard InChI is InChI=1S/C29H30N2O10S2/c1-16(32)37-15-23-24(38-17(2)33)25(39-18(3)34)26(40-19(4)35)28(41-23)43-29-30-22(13-21-11-8-12-42-21)27(36)31(29)14-20-9-6-5-7-10-20/h5-13,23-26,28H,14-15H2,1-4H3/b22-13-/t23-,24-,25+,26-,28+/m1/s1. The van der Waals surface area contributed by atoms with E-state index in [9.17, 15) is 24.0 Å². The van der Waals surface area contributed by atoms with Gasteiger partial charge in [0.25, 0.3) is 5.91 Å². The van der Waals surface area contributed by atoms with Gasteiger partial charge in [0, 0.05) is 32.6 Å². The minimum Gasteiger partial charge on any atom is -0.463 e. The van der Waals surface area contributed by atoms with Crippen LogP contribution in [0.5, 0.6) is 0 Å². The van der Waals surface area contributed by atoms with Crippen molar-refractivity contribution in [3.05, 3.63) is 64.0 Å². The number of carbonyl (C=O) groups is 5. The molecule has 5 atom stereocenters. The fourth-order valence-electron chi connectivity index (χ4n) is 4.42. The molecule has 0 unspecified atom stereocenters. The summed E-state index contributed by atoms with van der Waals surface area (Å²) < 4.78 is 27.9. The van der Waals surface area contributed by atoms with Gasteiger partial charge in [0.1, 0.15) is 18.4 Å². The van der Waals surface area contributed by atoms with E-state index in [2.05, 4.69) is 4.99 Å². The van der Waals surface area contributed by atoms with Crippen molar-refractivity contribution in [2.24, 2.45) is 4.99 Å². The number of hydrogen-bond donors (Lipinski definition) is 0. The van der Waals surface area contributed by atoms with Gasteiger partial charge in [0.15, 0.2) is 28.9 Å². The normalized spacial score (nSPS) is 24.3. The molecule has 2 aromatic rings. The van der Waals surface area contributed by atoms with E-state index < -0.39 is 53.7 Å². The third kappa shape index (κ3) is 8.52. The Morgan fingerprint density at radius 1 is 0.907 bits per heavy atom. The first kappa shape index (κ1) is 31.9. The average Bonchev–Trinajstić information content (AvgIpc) is 3.55. The van der Waals surface area contributed by atoms with Gasteiger partial charge in [0.05, 0.1) is 6.54 Å². The molecule has 0 N–H and O–H groups in total. The highest BCUT2D eigenvalue weighted by Gasteiger charge is 2.53. The molecule has 1 aromatic carbocycles. The van der Waals surface area contributed by atoms with Gasteiger partial charge in [0.2, 0.25) is 0 Å². The monoisotopic (exact) mass is 630 g/mol. The van der Waals surface area contributed by atoms with Crippen molar-refractivity contribution < 1.29 is 47.7 Å². The molecular weight excluding hydrogens is 600 g/mol. The molecule has 1 amide bonds. The van der Waals surface area contributed by atoms with Crippen LogP contribution in [-0.2, 0) is 54.2 Å². The Balaban J connectivity index is 1.74. The number of thiophene rings is 1. The van der Waals surface area contributed by atoms with Crippen molar-refractivity contribution in [2.45, 2.75) is 64.1 Å². The number of aliphatic imine (C=N–C) groups is 1. The van der Waals surface area contributed by atoms with Crippen LogP contribution in [0, 0.1) is 0 Å². The second-order valence-electron chi connectivity index (χ2n) is 9.50. The van der Waals surface area contributed by atoms with Crippen molar-refractivity contribution >= 4 is 64.1 Å². The van der Waals surface area contributed by atoms with Crippen molar-refractivity contribution in [3.63, 3.8) is 0 Å². The molecule has 228 valence electrons. The zero-order valence-electron chi connectivity index (χ0n) is 23.8. The Bertz CT molecular complexity index is 1410. The summed E-state index contributed by atoms with van der Waals surface area (Å²) in [5.41, 5.74) is -0.110. The molecule has 14 heteroatoms. The van der Waals surface area contributed by atoms with Gasteiger partial charge >= 0.3 is 23.9 Å². The fourth-order valence-corrected chi connectivity index (χ4v) is 6.25. The zero-order chi connectivity index (χ0) is 31.1. The average molecular weight is 631 g/mol. The Labute approximate surface area is 256 Å². The number of carbonyl (C=O) groups excluding carboxylic acids is 5. The largest absolute Gasteiger partial charge is 0.463 e. The second-order valence-corrected chi connectivity index (χ2v) is 11.5. The highest BCUT2D eigenvalue weighted by atomic mass is 32.2. The lowest BCUT2D eigenvalue weighted by atomic mass is 9.99. The lowest BCUT2D eigenvalue weighted by Gasteiger charge is -2.44. The summed E-state index contributed by atoms with van der Waals surface area (Å²) in [4.78, 5) is 68.6. The van der Waals surface area contributed by atoms with Gasteiger partial charge in [-0.3, -0.25) is 28.9 Å². The maximum absolute atomic E-state index is 13.6. The van der Waals surface area contributed by atoms with Crippen LogP contribution in [0.4, 0.5) is 0 Å². The summed E-state index contributed by atoms with van der Waals surface area (Å²) >= 11 is 2.40. The lowest BCUT2D eigenvalue weighted by Crippen LogP contribution is -2.61. The minimum absolute atomic E-state index is 0.179. The number of amidine groups is 1. The van der Waals surface area contributed by atoms with E-state index in [-0.39, 0.29) is 29.9 Å². The topological polar surface area (TPSA) is 147 Å². The molecule has 43 heavy (non-hydrogen) atoms. The van der Waals surface area contributed by atoms with Crippen LogP contribution in [-0.4, -0.2) is 76.3 Å². The number of rotatable bonds is 9. The first-order valence-corrected chi connectivity index (χ1v) is 14.9. The summed E-state index contributed by atoms with van der Waals surface area (Å²) in [6.07, 6.45) is -3.37. The first-order chi connectivity index (χ1) is 20.5. The quantitative estimate of drug-likeness (QED) is 0.228. The van der Waals surface area contributed by atoms with Crippen molar-refractivity contribution in [2.75, 3.05) is 6.61 Å². The van der Waals surface area contributed by atoms with Crippen molar-refractivity contribution in [3.8, 4) is 0 Å². The van der Waals surface area contributed by atoms with Crippen molar-refractivity contribution in [1.29, 1.82) is 0 Å². The Morgan fingerprint density at radius 2 is 1.56 bits per heavy atom. The summed E-state index contributed by atoms with van der Waals surface area (Å²) in [6, 6.07) is 13.0. The molecule has 3 heterocycles. The molecule has 0 bridgehead atoms. The summed E-state index contributed by atoms with van der Waals surface area (Å²) in [5.74, 6) is -3.17. The van der Waals surface area contributed by atoms with Gasteiger partial charge in [-0.15, -0.1) is 11.3 Å². The number of amides is 1. The third-order valence-corrected chi connectivity index (χ3v) is 8.04. The van der Waals surface area contributed by atoms with E-state index in [0.717, 1.165) is 36.0 Å². The van der Waals surface area contributed by atoms with Gasteiger partial charge in [-0.2, -0.15) is 0 Å². The van der Waals surface area contributed by atoms with E-state index in [0.29, 0.717) is 0 Å². The summed E-state index contributed by atoms with van der Waals surface area (Å²) in [7, 11) is 0. The number of benzene rings is 1. The predicted molar refractivity (Wildman–Crippen MR) is 156 cm³/mol. The first-order valence-electron chi connectivity index (χ1n) is 13.2. The molecule has 1 fully saturated rings. The number of hydrogen-bond acceptors (Lipinski definition) is 13. The maximum Gasteiger partial charge on any atom is 0.303 e. The molecule has 0 aliphatic carbocycles. The van der Waals surface area contributed by atoms with Gasteiger partial charge in [-0.05, 0) is 23.1 Å². The SMILES string of the molecule is CC(=O)OC[C@H]1O[C@@H](SC2=N/C(=C\c3cccs3)C(=O)N2Cc2ccccc2)[C@H](OC(C)=O)[C@@H](OC(C)=O)[C@@H]1OC(C)=O. The van der Waals surface area contributed by atoms with Crippen LogP contribution in [0.1, 0.15) is 38.1 Å². The van der Waals surface area contributed by atoms with Crippen LogP contribution < -0.4 is 0 Å². The number of esters is 4.